The highest BCUT2D eigenvalue weighted by Crippen LogP contribution is 2.45. The number of carbonyl (C=O) groups excluding carboxylic acids is 2. The molecule has 2 aliphatic rings. The number of fused-ring (bicyclic) bond motifs is 2. The van der Waals surface area contributed by atoms with Crippen LogP contribution in [0.1, 0.15) is 48.2 Å². The molecule has 26 heavy (non-hydrogen) atoms. The highest BCUT2D eigenvalue weighted by Gasteiger charge is 2.39. The molecule has 0 spiro atoms. The van der Waals surface area contributed by atoms with Gasteiger partial charge < -0.3 is 9.80 Å². The predicted octanol–water partition coefficient (Wildman–Crippen LogP) is 4.13. The molecule has 0 N–H and O–H groups in total. The topological polar surface area (TPSA) is 40.6 Å². The van der Waals surface area contributed by atoms with E-state index in [1.54, 1.807) is 23.6 Å². The first-order valence-electron chi connectivity index (χ1n) is 8.70. The first-order chi connectivity index (χ1) is 12.6. The van der Waals surface area contributed by atoms with Crippen LogP contribution in [-0.4, -0.2) is 21.6 Å². The quantitative estimate of drug-likeness (QED) is 0.780. The molecule has 0 saturated carbocycles. The maximum absolute atomic E-state index is 12.4. The lowest BCUT2D eigenvalue weighted by molar-refractivity contribution is -0.134. The third-order valence-corrected chi connectivity index (χ3v) is 5.08. The third kappa shape index (κ3) is 2.54. The van der Waals surface area contributed by atoms with E-state index >= 15 is 0 Å². The number of amides is 2. The van der Waals surface area contributed by atoms with Crippen LogP contribution in [0.2, 0.25) is 0 Å². The van der Waals surface area contributed by atoms with Gasteiger partial charge in [-0.25, -0.2) is 0 Å². The van der Waals surface area contributed by atoms with E-state index in [0.29, 0.717) is 0 Å². The molecule has 0 bridgehead atoms. The Hall–Kier alpha value is -3.14. The SMILES string of the molecule is CC(=O)N1C=Cc2ccccc2C1C1c2ccccc2C=CN1C(C)=O. The molecule has 0 radical (unpaired) electrons. The Bertz CT molecular complexity index is 867. The van der Waals surface area contributed by atoms with Gasteiger partial charge in [0, 0.05) is 26.2 Å². The van der Waals surface area contributed by atoms with E-state index in [1.807, 2.05) is 73.1 Å². The van der Waals surface area contributed by atoms with E-state index in [0.717, 1.165) is 22.3 Å². The molecular weight excluding hydrogens is 324 g/mol. The van der Waals surface area contributed by atoms with Crippen molar-refractivity contribution in [3.05, 3.63) is 83.2 Å². The minimum atomic E-state index is -0.274. The van der Waals surface area contributed by atoms with E-state index in [9.17, 15) is 9.59 Å². The fraction of sp³-hybridized carbons (Fsp3) is 0.182. The Labute approximate surface area is 153 Å². The zero-order valence-electron chi connectivity index (χ0n) is 14.8. The molecule has 4 nitrogen and oxygen atoms in total. The van der Waals surface area contributed by atoms with Gasteiger partial charge in [-0.1, -0.05) is 48.5 Å². The second kappa shape index (κ2) is 6.30. The maximum Gasteiger partial charge on any atom is 0.224 e. The fourth-order valence-electron chi connectivity index (χ4n) is 3.92. The minimum Gasteiger partial charge on any atom is -0.309 e. The number of hydrogen-bond donors (Lipinski definition) is 0. The van der Waals surface area contributed by atoms with Gasteiger partial charge in [0.15, 0.2) is 0 Å². The smallest absolute Gasteiger partial charge is 0.224 e. The minimum absolute atomic E-state index is 0.0451. The summed E-state index contributed by atoms with van der Waals surface area (Å²) in [5, 5.41) is 0. The average molecular weight is 344 g/mol. The number of hydrogen-bond acceptors (Lipinski definition) is 2. The second-order valence-corrected chi connectivity index (χ2v) is 6.63. The molecular formula is C22H20N2O2. The van der Waals surface area contributed by atoms with Crippen molar-refractivity contribution in [2.75, 3.05) is 0 Å². The van der Waals surface area contributed by atoms with E-state index in [-0.39, 0.29) is 23.9 Å². The summed E-state index contributed by atoms with van der Waals surface area (Å²) >= 11 is 0. The molecule has 0 fully saturated rings. The predicted molar refractivity (Wildman–Crippen MR) is 101 cm³/mol. The lowest BCUT2D eigenvalue weighted by Crippen LogP contribution is -2.42. The fourth-order valence-corrected chi connectivity index (χ4v) is 3.92. The molecule has 2 aromatic carbocycles. The first-order valence-corrected chi connectivity index (χ1v) is 8.70. The van der Waals surface area contributed by atoms with Gasteiger partial charge in [0.2, 0.25) is 11.8 Å². The summed E-state index contributed by atoms with van der Waals surface area (Å²) in [5.41, 5.74) is 4.24. The van der Waals surface area contributed by atoms with E-state index in [4.69, 9.17) is 0 Å². The Morgan fingerprint density at radius 3 is 1.46 bits per heavy atom. The summed E-state index contributed by atoms with van der Waals surface area (Å²) in [7, 11) is 0. The van der Waals surface area contributed by atoms with Gasteiger partial charge in [0.05, 0.1) is 12.1 Å². The number of rotatable bonds is 1. The van der Waals surface area contributed by atoms with Crippen LogP contribution >= 0.6 is 0 Å². The molecule has 0 saturated heterocycles. The second-order valence-electron chi connectivity index (χ2n) is 6.63. The molecule has 2 atom stereocenters. The largest absolute Gasteiger partial charge is 0.309 e. The third-order valence-electron chi connectivity index (χ3n) is 5.08. The van der Waals surface area contributed by atoms with Gasteiger partial charge in [-0.2, -0.15) is 0 Å². The molecule has 130 valence electrons. The molecule has 2 aromatic rings. The van der Waals surface area contributed by atoms with Crippen molar-refractivity contribution in [2.45, 2.75) is 25.9 Å². The van der Waals surface area contributed by atoms with Crippen molar-refractivity contribution in [3.63, 3.8) is 0 Å². The summed E-state index contributed by atoms with van der Waals surface area (Å²) < 4.78 is 0. The first kappa shape index (κ1) is 16.3. The molecule has 0 aliphatic carbocycles. The van der Waals surface area contributed by atoms with Crippen LogP contribution in [0.15, 0.2) is 60.9 Å². The zero-order chi connectivity index (χ0) is 18.3. The lowest BCUT2D eigenvalue weighted by atomic mass is 9.83. The van der Waals surface area contributed by atoms with Crippen molar-refractivity contribution >= 4 is 24.0 Å². The standard InChI is InChI=1S/C22H20N2O2/c1-15(25)23-13-11-17-7-3-5-9-19(17)21(23)22-20-10-6-4-8-18(20)12-14-24(22)16(2)26/h3-14,21-22H,1-2H3. The number of nitrogens with zero attached hydrogens (tertiary/aromatic N) is 2. The molecule has 4 rings (SSSR count). The molecule has 4 heteroatoms. The van der Waals surface area contributed by atoms with Crippen LogP contribution in [0, 0.1) is 0 Å². The maximum atomic E-state index is 12.4. The Kier molecular flexibility index (Phi) is 3.96. The Balaban J connectivity index is 1.94. The molecule has 2 amide bonds. The zero-order valence-corrected chi connectivity index (χ0v) is 14.8. The van der Waals surface area contributed by atoms with Crippen LogP contribution in [0.3, 0.4) is 0 Å². The van der Waals surface area contributed by atoms with Gasteiger partial charge in [0.25, 0.3) is 0 Å². The van der Waals surface area contributed by atoms with Gasteiger partial charge in [-0.05, 0) is 34.4 Å². The molecule has 2 aliphatic heterocycles. The van der Waals surface area contributed by atoms with Crippen molar-refractivity contribution in [3.8, 4) is 0 Å². The van der Waals surface area contributed by atoms with Gasteiger partial charge in [0.1, 0.15) is 0 Å². The summed E-state index contributed by atoms with van der Waals surface area (Å²) in [6.45, 7) is 3.13. The van der Waals surface area contributed by atoms with Crippen LogP contribution in [-0.2, 0) is 9.59 Å². The van der Waals surface area contributed by atoms with Crippen LogP contribution in [0.4, 0.5) is 0 Å². The normalized spacial score (nSPS) is 20.5. The molecule has 2 unspecified atom stereocenters. The average Bonchev–Trinajstić information content (AvgIpc) is 2.66. The Morgan fingerprint density at radius 1 is 0.692 bits per heavy atom. The van der Waals surface area contributed by atoms with Crippen molar-refractivity contribution in [1.29, 1.82) is 0 Å². The Morgan fingerprint density at radius 2 is 1.08 bits per heavy atom. The van der Waals surface area contributed by atoms with E-state index < -0.39 is 0 Å². The van der Waals surface area contributed by atoms with Gasteiger partial charge in [-0.3, -0.25) is 9.59 Å². The van der Waals surface area contributed by atoms with E-state index in [1.165, 1.54) is 0 Å². The van der Waals surface area contributed by atoms with Crippen molar-refractivity contribution in [2.24, 2.45) is 0 Å². The molecule has 2 heterocycles. The number of benzene rings is 2. The van der Waals surface area contributed by atoms with Gasteiger partial charge >= 0.3 is 0 Å². The summed E-state index contributed by atoms with van der Waals surface area (Å²) in [5.74, 6) is -0.0902. The van der Waals surface area contributed by atoms with Gasteiger partial charge in [-0.15, -0.1) is 0 Å². The summed E-state index contributed by atoms with van der Waals surface area (Å²) in [6, 6.07) is 15.5. The summed E-state index contributed by atoms with van der Waals surface area (Å²) in [4.78, 5) is 28.3. The van der Waals surface area contributed by atoms with Crippen molar-refractivity contribution in [1.82, 2.24) is 9.80 Å². The van der Waals surface area contributed by atoms with Crippen molar-refractivity contribution < 1.29 is 9.59 Å². The lowest BCUT2D eigenvalue weighted by Gasteiger charge is -2.43. The molecule has 0 aromatic heterocycles. The van der Waals surface area contributed by atoms with Crippen LogP contribution in [0.5, 0.6) is 0 Å². The number of carbonyl (C=O) groups is 2. The summed E-state index contributed by atoms with van der Waals surface area (Å²) in [6.07, 6.45) is 7.56. The monoisotopic (exact) mass is 344 g/mol. The highest BCUT2D eigenvalue weighted by atomic mass is 16.2. The van der Waals surface area contributed by atoms with Crippen LogP contribution < -0.4 is 0 Å². The highest BCUT2D eigenvalue weighted by molar-refractivity contribution is 5.81. The van der Waals surface area contributed by atoms with E-state index in [2.05, 4.69) is 0 Å². The van der Waals surface area contributed by atoms with Crippen LogP contribution in [0.25, 0.3) is 12.2 Å².